The Morgan fingerprint density at radius 2 is 2.00 bits per heavy atom. The van der Waals surface area contributed by atoms with Gasteiger partial charge in [-0.25, -0.2) is 8.42 Å². The van der Waals surface area contributed by atoms with Crippen molar-refractivity contribution in [3.05, 3.63) is 59.7 Å². The van der Waals surface area contributed by atoms with E-state index in [1.807, 2.05) is 13.0 Å². The molecule has 7 heteroatoms. The number of amides is 1. The average molecular weight is 398 g/mol. The summed E-state index contributed by atoms with van der Waals surface area (Å²) in [7, 11) is -3.65. The maximum Gasteiger partial charge on any atom is 0.255 e. The Hall–Kier alpha value is -2.69. The molecule has 2 aromatic rings. The largest absolute Gasteiger partial charge is 0.322 e. The fourth-order valence-electron chi connectivity index (χ4n) is 3.50. The van der Waals surface area contributed by atoms with E-state index in [0.29, 0.717) is 17.8 Å². The van der Waals surface area contributed by atoms with Crippen molar-refractivity contribution in [2.45, 2.75) is 43.5 Å². The zero-order valence-corrected chi connectivity index (χ0v) is 16.6. The van der Waals surface area contributed by atoms with E-state index in [1.165, 1.54) is 12.1 Å². The lowest BCUT2D eigenvalue weighted by Gasteiger charge is -2.34. The lowest BCUT2D eigenvalue weighted by atomic mass is 10.0. The number of nitriles is 1. The number of carbonyl (C=O) groups excluding carboxylic acids is 1. The first-order valence-electron chi connectivity index (χ1n) is 9.39. The van der Waals surface area contributed by atoms with Crippen LogP contribution in [0.4, 0.5) is 5.69 Å². The summed E-state index contributed by atoms with van der Waals surface area (Å²) < 4.78 is 27.8. The van der Waals surface area contributed by atoms with Crippen LogP contribution in [0.5, 0.6) is 0 Å². The zero-order chi connectivity index (χ0) is 20.1. The molecule has 6 nitrogen and oxygen atoms in total. The van der Waals surface area contributed by atoms with Gasteiger partial charge in [-0.3, -0.25) is 4.79 Å². The van der Waals surface area contributed by atoms with Crippen molar-refractivity contribution in [1.29, 1.82) is 5.26 Å². The van der Waals surface area contributed by atoms with Crippen LogP contribution in [0, 0.1) is 11.3 Å². The van der Waals surface area contributed by atoms with Crippen molar-refractivity contribution in [2.75, 3.05) is 11.9 Å². The molecule has 3 rings (SSSR count). The number of piperidine rings is 1. The molecular formula is C21H23N3O3S. The molecule has 0 radical (unpaired) electrons. The SMILES string of the molecule is CCC1CCCCN1S(=O)(=O)c1cccc(C(=O)Nc2cccc(C#N)c2)c1. The molecule has 146 valence electrons. The molecule has 28 heavy (non-hydrogen) atoms. The minimum absolute atomic E-state index is 0.00459. The zero-order valence-electron chi connectivity index (χ0n) is 15.8. The summed E-state index contributed by atoms with van der Waals surface area (Å²) in [6.45, 7) is 2.51. The summed E-state index contributed by atoms with van der Waals surface area (Å²) in [5.41, 5.74) is 1.18. The third kappa shape index (κ3) is 4.24. The van der Waals surface area contributed by atoms with Gasteiger partial charge in [0, 0.05) is 23.8 Å². The molecule has 0 saturated carbocycles. The number of hydrogen-bond donors (Lipinski definition) is 1. The van der Waals surface area contributed by atoms with Crippen LogP contribution in [0.1, 0.15) is 48.5 Å². The monoisotopic (exact) mass is 397 g/mol. The van der Waals surface area contributed by atoms with Crippen molar-refractivity contribution in [2.24, 2.45) is 0 Å². The normalized spacial score (nSPS) is 17.6. The van der Waals surface area contributed by atoms with E-state index in [2.05, 4.69) is 5.32 Å². The van der Waals surface area contributed by atoms with Gasteiger partial charge < -0.3 is 5.32 Å². The number of nitrogens with zero attached hydrogens (tertiary/aromatic N) is 2. The van der Waals surface area contributed by atoms with Crippen molar-refractivity contribution >= 4 is 21.6 Å². The van der Waals surface area contributed by atoms with Crippen molar-refractivity contribution in [3.63, 3.8) is 0 Å². The van der Waals surface area contributed by atoms with Gasteiger partial charge in [0.25, 0.3) is 5.91 Å². The first-order valence-corrected chi connectivity index (χ1v) is 10.8. The Kier molecular flexibility index (Phi) is 6.12. The fraction of sp³-hybridized carbons (Fsp3) is 0.333. The van der Waals surface area contributed by atoms with Crippen LogP contribution in [-0.2, 0) is 10.0 Å². The number of carbonyl (C=O) groups is 1. The van der Waals surface area contributed by atoms with Crippen LogP contribution in [0.3, 0.4) is 0 Å². The summed E-state index contributed by atoms with van der Waals surface area (Å²) in [5.74, 6) is -0.419. The summed E-state index contributed by atoms with van der Waals surface area (Å²) in [4.78, 5) is 12.7. The maximum absolute atomic E-state index is 13.1. The number of anilines is 1. The highest BCUT2D eigenvalue weighted by molar-refractivity contribution is 7.89. The molecule has 0 spiro atoms. The standard InChI is InChI=1S/C21H23N3O3S/c1-2-19-10-3-4-12-24(19)28(26,27)20-11-6-8-17(14-20)21(25)23-18-9-5-7-16(13-18)15-22/h5-9,11,13-14,19H,2-4,10,12H2,1H3,(H,23,25). The van der Waals surface area contributed by atoms with E-state index in [-0.39, 0.29) is 16.5 Å². The molecule has 1 heterocycles. The van der Waals surface area contributed by atoms with E-state index < -0.39 is 15.9 Å². The highest BCUT2D eigenvalue weighted by atomic mass is 32.2. The molecule has 0 bridgehead atoms. The molecule has 1 aliphatic rings. The highest BCUT2D eigenvalue weighted by Crippen LogP contribution is 2.27. The molecule has 0 aromatic heterocycles. The molecule has 1 fully saturated rings. The maximum atomic E-state index is 13.1. The molecule has 1 atom stereocenters. The van der Waals surface area contributed by atoms with Gasteiger partial charge in [0.15, 0.2) is 0 Å². The van der Waals surface area contributed by atoms with Gasteiger partial charge in [-0.1, -0.05) is 25.5 Å². The van der Waals surface area contributed by atoms with Gasteiger partial charge in [0.1, 0.15) is 0 Å². The second-order valence-electron chi connectivity index (χ2n) is 6.85. The van der Waals surface area contributed by atoms with Crippen molar-refractivity contribution < 1.29 is 13.2 Å². The van der Waals surface area contributed by atoms with Crippen molar-refractivity contribution in [3.8, 4) is 6.07 Å². The van der Waals surface area contributed by atoms with Crippen LogP contribution in [0.15, 0.2) is 53.4 Å². The van der Waals surface area contributed by atoms with Gasteiger partial charge in [-0.2, -0.15) is 9.57 Å². The van der Waals surface area contributed by atoms with Gasteiger partial charge in [0.05, 0.1) is 16.5 Å². The third-order valence-corrected chi connectivity index (χ3v) is 6.94. The fourth-order valence-corrected chi connectivity index (χ4v) is 5.31. The van der Waals surface area contributed by atoms with Gasteiger partial charge in [0.2, 0.25) is 10.0 Å². The van der Waals surface area contributed by atoms with E-state index in [0.717, 1.165) is 25.7 Å². The first-order chi connectivity index (χ1) is 13.5. The van der Waals surface area contributed by atoms with Crippen LogP contribution in [0.25, 0.3) is 0 Å². The van der Waals surface area contributed by atoms with Crippen LogP contribution in [-0.4, -0.2) is 31.2 Å². The molecular weight excluding hydrogens is 374 g/mol. The van der Waals surface area contributed by atoms with E-state index in [1.54, 1.807) is 40.7 Å². The van der Waals surface area contributed by atoms with E-state index in [9.17, 15) is 13.2 Å². The van der Waals surface area contributed by atoms with Crippen LogP contribution < -0.4 is 5.32 Å². The lowest BCUT2D eigenvalue weighted by Crippen LogP contribution is -2.43. The Labute approximate surface area is 165 Å². The average Bonchev–Trinajstić information content (AvgIpc) is 2.73. The number of hydrogen-bond acceptors (Lipinski definition) is 4. The Balaban J connectivity index is 1.85. The van der Waals surface area contributed by atoms with Gasteiger partial charge in [-0.15, -0.1) is 0 Å². The second kappa shape index (κ2) is 8.55. The number of nitrogens with one attached hydrogen (secondary N) is 1. The second-order valence-corrected chi connectivity index (χ2v) is 8.74. The quantitative estimate of drug-likeness (QED) is 0.832. The molecule has 1 aliphatic heterocycles. The first kappa shape index (κ1) is 20.1. The van der Waals surface area contributed by atoms with Gasteiger partial charge in [-0.05, 0) is 55.7 Å². The third-order valence-electron chi connectivity index (χ3n) is 5.00. The summed E-state index contributed by atoms with van der Waals surface area (Å²) in [5, 5.41) is 11.7. The molecule has 2 aromatic carbocycles. The van der Waals surface area contributed by atoms with Crippen LogP contribution in [0.2, 0.25) is 0 Å². The number of benzene rings is 2. The lowest BCUT2D eigenvalue weighted by molar-refractivity contribution is 0.102. The number of rotatable bonds is 5. The molecule has 0 aliphatic carbocycles. The summed E-state index contributed by atoms with van der Waals surface area (Å²) in [6.07, 6.45) is 3.53. The minimum Gasteiger partial charge on any atom is -0.322 e. The molecule has 1 unspecified atom stereocenters. The van der Waals surface area contributed by atoms with Crippen molar-refractivity contribution in [1.82, 2.24) is 4.31 Å². The predicted octanol–water partition coefficient (Wildman–Crippen LogP) is 3.76. The van der Waals surface area contributed by atoms with Crippen LogP contribution >= 0.6 is 0 Å². The molecule has 1 amide bonds. The highest BCUT2D eigenvalue weighted by Gasteiger charge is 2.32. The predicted molar refractivity (Wildman–Crippen MR) is 107 cm³/mol. The Morgan fingerprint density at radius 1 is 1.21 bits per heavy atom. The van der Waals surface area contributed by atoms with E-state index in [4.69, 9.17) is 5.26 Å². The van der Waals surface area contributed by atoms with E-state index >= 15 is 0 Å². The summed E-state index contributed by atoms with van der Waals surface area (Å²) >= 11 is 0. The van der Waals surface area contributed by atoms with Gasteiger partial charge >= 0.3 is 0 Å². The minimum atomic E-state index is -3.65. The Morgan fingerprint density at radius 3 is 2.75 bits per heavy atom. The number of sulfonamides is 1. The Bertz CT molecular complexity index is 1010. The topological polar surface area (TPSA) is 90.3 Å². The smallest absolute Gasteiger partial charge is 0.255 e. The molecule has 1 saturated heterocycles. The molecule has 1 N–H and O–H groups in total. The summed E-state index contributed by atoms with van der Waals surface area (Å²) in [6, 6.07) is 14.7.